The lowest BCUT2D eigenvalue weighted by Crippen LogP contribution is -2.28. The maximum Gasteiger partial charge on any atom is 0.255 e. The Morgan fingerprint density at radius 1 is 0.842 bits per heavy atom. The molecule has 0 aliphatic carbocycles. The Hall–Kier alpha value is -3.93. The molecule has 0 atom stereocenters. The molecule has 0 fully saturated rings. The van der Waals surface area contributed by atoms with Gasteiger partial charge in [-0.1, -0.05) is 45.9 Å². The molecule has 0 aliphatic rings. The number of halogens is 1. The zero-order valence-corrected chi connectivity index (χ0v) is 22.7. The van der Waals surface area contributed by atoms with Crippen LogP contribution in [-0.4, -0.2) is 25.4 Å². The summed E-state index contributed by atoms with van der Waals surface area (Å²) in [6.45, 7) is 9.10. The van der Waals surface area contributed by atoms with Gasteiger partial charge in [0.05, 0.1) is 5.56 Å². The summed E-state index contributed by atoms with van der Waals surface area (Å²) in [6, 6.07) is 17.5. The number of benzene rings is 3. The van der Waals surface area contributed by atoms with Crippen molar-refractivity contribution in [2.45, 2.75) is 40.5 Å². The third kappa shape index (κ3) is 5.96. The van der Waals surface area contributed by atoms with Crippen molar-refractivity contribution in [1.82, 2.24) is 10.6 Å². The number of carbonyl (C=O) groups is 2. The molecule has 6 heteroatoms. The van der Waals surface area contributed by atoms with Gasteiger partial charge in [-0.15, -0.1) is 0 Å². The Bertz CT molecular complexity index is 1450. The van der Waals surface area contributed by atoms with Gasteiger partial charge in [0, 0.05) is 30.1 Å². The number of hydrogen-bond donors (Lipinski definition) is 2. The summed E-state index contributed by atoms with van der Waals surface area (Å²) in [6.07, 6.45) is 1.82. The molecule has 0 unspecified atom stereocenters. The lowest BCUT2D eigenvalue weighted by atomic mass is 9.93. The van der Waals surface area contributed by atoms with Crippen LogP contribution < -0.4 is 10.6 Å². The molecule has 0 spiro atoms. The quantitative estimate of drug-likeness (QED) is 0.247. The molecule has 0 radical (unpaired) electrons. The highest BCUT2D eigenvalue weighted by Crippen LogP contribution is 2.36. The van der Waals surface area contributed by atoms with Crippen LogP contribution in [0.3, 0.4) is 0 Å². The summed E-state index contributed by atoms with van der Waals surface area (Å²) in [5.41, 5.74) is 4.99. The third-order valence-electron chi connectivity index (χ3n) is 6.60. The molecule has 0 aliphatic heterocycles. The highest BCUT2D eigenvalue weighted by molar-refractivity contribution is 6.12. The topological polar surface area (TPSA) is 71.3 Å². The maximum atomic E-state index is 13.5. The Morgan fingerprint density at radius 2 is 1.50 bits per heavy atom. The molecule has 4 aromatic rings. The highest BCUT2D eigenvalue weighted by atomic mass is 19.1. The van der Waals surface area contributed by atoms with E-state index in [9.17, 15) is 14.0 Å². The van der Waals surface area contributed by atoms with Crippen LogP contribution in [0.4, 0.5) is 4.39 Å². The fourth-order valence-electron chi connectivity index (χ4n) is 4.45. The van der Waals surface area contributed by atoms with Crippen molar-refractivity contribution in [3.8, 4) is 22.5 Å². The zero-order valence-electron chi connectivity index (χ0n) is 22.7. The predicted octanol–water partition coefficient (Wildman–Crippen LogP) is 7.24. The first kappa shape index (κ1) is 27.1. The van der Waals surface area contributed by atoms with Gasteiger partial charge in [0.15, 0.2) is 0 Å². The molecule has 0 saturated carbocycles. The number of furan rings is 1. The minimum atomic E-state index is -0.362. The molecule has 0 saturated heterocycles. The summed E-state index contributed by atoms with van der Waals surface area (Å²) in [5.74, 6) is 0.533. The smallest absolute Gasteiger partial charge is 0.255 e. The zero-order chi connectivity index (χ0) is 27.4. The normalized spacial score (nSPS) is 11.4. The van der Waals surface area contributed by atoms with E-state index in [1.165, 1.54) is 12.1 Å². The van der Waals surface area contributed by atoms with Crippen molar-refractivity contribution < 1.29 is 18.4 Å². The van der Waals surface area contributed by atoms with E-state index < -0.39 is 0 Å². The van der Waals surface area contributed by atoms with Crippen molar-refractivity contribution in [3.05, 3.63) is 83.2 Å². The Balaban J connectivity index is 1.80. The molecule has 3 aromatic carbocycles. The molecule has 2 amide bonds. The number of carbonyl (C=O) groups excluding carboxylic acids is 2. The van der Waals surface area contributed by atoms with Crippen LogP contribution in [-0.2, 0) is 6.42 Å². The van der Waals surface area contributed by atoms with Crippen molar-refractivity contribution in [2.24, 2.45) is 11.8 Å². The number of fused-ring (bicyclic) bond motifs is 1. The van der Waals surface area contributed by atoms with Gasteiger partial charge in [-0.2, -0.15) is 0 Å². The van der Waals surface area contributed by atoms with Gasteiger partial charge in [-0.3, -0.25) is 9.59 Å². The number of hydrogen-bond acceptors (Lipinski definition) is 3. The van der Waals surface area contributed by atoms with Crippen LogP contribution in [0.1, 0.15) is 60.4 Å². The van der Waals surface area contributed by atoms with Gasteiger partial charge in [-0.05, 0) is 83.8 Å². The maximum absolute atomic E-state index is 13.5. The molecule has 4 rings (SSSR count). The van der Waals surface area contributed by atoms with Crippen molar-refractivity contribution in [2.75, 3.05) is 13.6 Å². The molecule has 5 nitrogen and oxygen atoms in total. The van der Waals surface area contributed by atoms with E-state index in [1.54, 1.807) is 19.2 Å². The predicted molar refractivity (Wildman–Crippen MR) is 151 cm³/mol. The van der Waals surface area contributed by atoms with E-state index in [4.69, 9.17) is 4.42 Å². The highest BCUT2D eigenvalue weighted by Gasteiger charge is 2.22. The van der Waals surface area contributed by atoms with Crippen LogP contribution in [0.15, 0.2) is 65.1 Å². The average molecular weight is 515 g/mol. The number of rotatable bonds is 9. The van der Waals surface area contributed by atoms with Crippen molar-refractivity contribution in [3.63, 3.8) is 0 Å². The van der Waals surface area contributed by atoms with E-state index in [0.29, 0.717) is 51.8 Å². The van der Waals surface area contributed by atoms with Crippen molar-refractivity contribution >= 4 is 22.8 Å². The molecular weight excluding hydrogens is 479 g/mol. The SMILES string of the molecule is CNC(=O)c1c(-c2ccc(F)cc2)oc2ccc(-c3ccc(CCC(C)C)c(C(=O)NCC(C)C)c3)cc12. The van der Waals surface area contributed by atoms with E-state index in [1.807, 2.05) is 36.4 Å². The first-order valence-electron chi connectivity index (χ1n) is 13.1. The van der Waals surface area contributed by atoms with E-state index in [0.717, 1.165) is 29.5 Å². The van der Waals surface area contributed by atoms with E-state index in [2.05, 4.69) is 38.3 Å². The molecular formula is C32H35FN2O3. The lowest BCUT2D eigenvalue weighted by Gasteiger charge is -2.14. The van der Waals surface area contributed by atoms with Crippen LogP contribution >= 0.6 is 0 Å². The minimum absolute atomic E-state index is 0.0756. The number of amides is 2. The second-order valence-electron chi connectivity index (χ2n) is 10.5. The number of nitrogens with one attached hydrogen (secondary N) is 2. The van der Waals surface area contributed by atoms with E-state index >= 15 is 0 Å². The van der Waals surface area contributed by atoms with E-state index in [-0.39, 0.29) is 17.6 Å². The third-order valence-corrected chi connectivity index (χ3v) is 6.60. The molecule has 1 heterocycles. The first-order chi connectivity index (χ1) is 18.2. The molecule has 0 bridgehead atoms. The van der Waals surface area contributed by atoms with Gasteiger partial charge in [0.25, 0.3) is 11.8 Å². The van der Waals surface area contributed by atoms with Crippen LogP contribution in [0.2, 0.25) is 0 Å². The summed E-state index contributed by atoms with van der Waals surface area (Å²) in [4.78, 5) is 26.1. The Labute approximate surface area is 223 Å². The van der Waals surface area contributed by atoms with Crippen LogP contribution in [0.5, 0.6) is 0 Å². The Kier molecular flexibility index (Phi) is 8.30. The molecule has 38 heavy (non-hydrogen) atoms. The van der Waals surface area contributed by atoms with Gasteiger partial charge in [0.2, 0.25) is 0 Å². The second kappa shape index (κ2) is 11.6. The summed E-state index contributed by atoms with van der Waals surface area (Å²) >= 11 is 0. The summed E-state index contributed by atoms with van der Waals surface area (Å²) in [7, 11) is 1.57. The average Bonchev–Trinajstić information content (AvgIpc) is 3.29. The molecule has 2 N–H and O–H groups in total. The number of aryl methyl sites for hydroxylation is 1. The summed E-state index contributed by atoms with van der Waals surface area (Å²) in [5, 5.41) is 6.40. The van der Waals surface area contributed by atoms with Crippen molar-refractivity contribution in [1.29, 1.82) is 0 Å². The lowest BCUT2D eigenvalue weighted by molar-refractivity contribution is 0.0944. The largest absolute Gasteiger partial charge is 0.455 e. The van der Waals surface area contributed by atoms with Gasteiger partial charge < -0.3 is 15.1 Å². The fraction of sp³-hybridized carbons (Fsp3) is 0.312. The van der Waals surface area contributed by atoms with Gasteiger partial charge in [0.1, 0.15) is 17.2 Å². The van der Waals surface area contributed by atoms with Crippen LogP contribution in [0.25, 0.3) is 33.4 Å². The summed E-state index contributed by atoms with van der Waals surface area (Å²) < 4.78 is 19.6. The molecule has 1 aromatic heterocycles. The minimum Gasteiger partial charge on any atom is -0.455 e. The van der Waals surface area contributed by atoms with Crippen LogP contribution in [0, 0.1) is 17.7 Å². The van der Waals surface area contributed by atoms with Gasteiger partial charge in [-0.25, -0.2) is 4.39 Å². The Morgan fingerprint density at radius 3 is 2.16 bits per heavy atom. The fourth-order valence-corrected chi connectivity index (χ4v) is 4.45. The first-order valence-corrected chi connectivity index (χ1v) is 13.1. The molecule has 198 valence electrons. The standard InChI is InChI=1S/C32H35FN2O3/c1-19(2)6-7-21-8-9-23(16-26(21)31(36)35-18-20(3)4)24-12-15-28-27(17-24)29(32(37)34-5)30(38-28)22-10-13-25(33)14-11-22/h8-17,19-20H,6-7,18H2,1-5H3,(H,34,37)(H,35,36). The van der Waals surface area contributed by atoms with Gasteiger partial charge >= 0.3 is 0 Å². The monoisotopic (exact) mass is 514 g/mol. The second-order valence-corrected chi connectivity index (χ2v) is 10.5.